The van der Waals surface area contributed by atoms with Crippen molar-refractivity contribution < 1.29 is 18.7 Å². The van der Waals surface area contributed by atoms with Gasteiger partial charge in [0.05, 0.1) is 32.0 Å². The van der Waals surface area contributed by atoms with Crippen LogP contribution < -0.4 is 10.1 Å². The predicted molar refractivity (Wildman–Crippen MR) is 130 cm³/mol. The van der Waals surface area contributed by atoms with Gasteiger partial charge in [-0.2, -0.15) is 0 Å². The molecule has 0 radical (unpaired) electrons. The highest BCUT2D eigenvalue weighted by Crippen LogP contribution is 2.36. The number of nitrogens with one attached hydrogen (secondary N) is 1. The van der Waals surface area contributed by atoms with Crippen LogP contribution in [0, 0.1) is 11.8 Å². The van der Waals surface area contributed by atoms with E-state index in [4.69, 9.17) is 9.15 Å². The van der Waals surface area contributed by atoms with E-state index in [0.717, 1.165) is 23.9 Å². The van der Waals surface area contributed by atoms with E-state index in [1.807, 2.05) is 41.8 Å². The molecule has 2 aromatic heterocycles. The molecule has 7 nitrogen and oxygen atoms in total. The summed E-state index contributed by atoms with van der Waals surface area (Å²) in [4.78, 5) is 29.5. The Kier molecular flexibility index (Phi) is 5.66. The molecule has 1 N–H and O–H groups in total. The third kappa shape index (κ3) is 3.58. The van der Waals surface area contributed by atoms with Crippen LogP contribution in [0.4, 0.5) is 0 Å². The van der Waals surface area contributed by atoms with Gasteiger partial charge in [0.25, 0.3) is 5.91 Å². The van der Waals surface area contributed by atoms with Crippen LogP contribution >= 0.6 is 0 Å². The first-order valence-corrected chi connectivity index (χ1v) is 12.1. The van der Waals surface area contributed by atoms with E-state index in [-0.39, 0.29) is 24.4 Å². The van der Waals surface area contributed by atoms with Crippen molar-refractivity contribution in [2.24, 2.45) is 11.8 Å². The molecular weight excluding hydrogens is 430 g/mol. The zero-order valence-electron chi connectivity index (χ0n) is 20.3. The summed E-state index contributed by atoms with van der Waals surface area (Å²) in [5.41, 5.74) is 1.81. The highest BCUT2D eigenvalue weighted by molar-refractivity contribution is 6.03. The molecule has 5 rings (SSSR count). The first kappa shape index (κ1) is 22.6. The second kappa shape index (κ2) is 8.53. The Balaban J connectivity index is 1.54. The van der Waals surface area contributed by atoms with Crippen molar-refractivity contribution in [3.05, 3.63) is 53.9 Å². The first-order chi connectivity index (χ1) is 16.3. The number of fused-ring (bicyclic) bond motifs is 3. The number of furan rings is 1. The number of hydrogen-bond acceptors (Lipinski definition) is 4. The van der Waals surface area contributed by atoms with Crippen molar-refractivity contribution in [3.8, 4) is 5.75 Å². The van der Waals surface area contributed by atoms with Crippen LogP contribution in [0.2, 0.25) is 0 Å². The molecule has 0 unspecified atom stereocenters. The number of hydrogen-bond donors (Lipinski definition) is 1. The van der Waals surface area contributed by atoms with Gasteiger partial charge in [-0.1, -0.05) is 44.9 Å². The van der Waals surface area contributed by atoms with Gasteiger partial charge in [0, 0.05) is 23.7 Å². The fraction of sp³-hybridized carbons (Fsp3) is 0.481. The highest BCUT2D eigenvalue weighted by Gasteiger charge is 2.49. The maximum Gasteiger partial charge on any atom is 0.271 e. The van der Waals surface area contributed by atoms with Gasteiger partial charge in [-0.05, 0) is 31.2 Å². The fourth-order valence-electron chi connectivity index (χ4n) is 5.63. The molecule has 0 spiro atoms. The van der Waals surface area contributed by atoms with Crippen LogP contribution in [0.25, 0.3) is 11.1 Å². The second-order valence-corrected chi connectivity index (χ2v) is 10.1. The lowest BCUT2D eigenvalue weighted by Gasteiger charge is -2.45. The van der Waals surface area contributed by atoms with Crippen molar-refractivity contribution in [2.75, 3.05) is 7.11 Å². The number of aromatic nitrogens is 1. The quantitative estimate of drug-likeness (QED) is 0.600. The van der Waals surface area contributed by atoms with Gasteiger partial charge in [-0.3, -0.25) is 9.59 Å². The molecule has 0 saturated heterocycles. The topological polar surface area (TPSA) is 76.7 Å². The SMILES string of the molecule is COc1ccccc1CN1C(=O)c2cc3occc3n2C[C@]1(C)C(=O)N[C@@H]1CCC[C@@H](C)[C@H]1C. The van der Waals surface area contributed by atoms with Crippen molar-refractivity contribution in [2.45, 2.75) is 64.7 Å². The van der Waals surface area contributed by atoms with Gasteiger partial charge in [0.2, 0.25) is 5.91 Å². The summed E-state index contributed by atoms with van der Waals surface area (Å²) in [6.07, 6.45) is 4.88. The number of para-hydroxylation sites is 1. The molecule has 180 valence electrons. The number of amides is 2. The Morgan fingerprint density at radius 1 is 1.24 bits per heavy atom. The third-order valence-electron chi connectivity index (χ3n) is 8.08. The Hall–Kier alpha value is -3.22. The van der Waals surface area contributed by atoms with E-state index >= 15 is 0 Å². The minimum atomic E-state index is -1.07. The second-order valence-electron chi connectivity index (χ2n) is 10.1. The van der Waals surface area contributed by atoms with Crippen molar-refractivity contribution in [1.29, 1.82) is 0 Å². The molecule has 1 aliphatic carbocycles. The summed E-state index contributed by atoms with van der Waals surface area (Å²) in [7, 11) is 1.62. The fourth-order valence-corrected chi connectivity index (χ4v) is 5.63. The Morgan fingerprint density at radius 2 is 2.03 bits per heavy atom. The zero-order chi connectivity index (χ0) is 24.0. The minimum Gasteiger partial charge on any atom is -0.496 e. The lowest BCUT2D eigenvalue weighted by molar-refractivity contribution is -0.134. The van der Waals surface area contributed by atoms with E-state index in [9.17, 15) is 9.59 Å². The van der Waals surface area contributed by atoms with Crippen LogP contribution in [0.15, 0.2) is 47.1 Å². The molecule has 1 aromatic carbocycles. The lowest BCUT2D eigenvalue weighted by Crippen LogP contribution is -2.65. The molecular formula is C27H33N3O4. The summed E-state index contributed by atoms with van der Waals surface area (Å²) in [6.45, 7) is 6.98. The number of carbonyl (C=O) groups is 2. The summed E-state index contributed by atoms with van der Waals surface area (Å²) < 4.78 is 13.0. The van der Waals surface area contributed by atoms with Gasteiger partial charge >= 0.3 is 0 Å². The third-order valence-corrected chi connectivity index (χ3v) is 8.08. The molecule has 2 aliphatic rings. The average Bonchev–Trinajstić information content (AvgIpc) is 3.42. The number of ether oxygens (including phenoxy) is 1. The molecule has 34 heavy (non-hydrogen) atoms. The summed E-state index contributed by atoms with van der Waals surface area (Å²) in [6, 6.07) is 11.4. The van der Waals surface area contributed by atoms with Crippen molar-refractivity contribution in [1.82, 2.24) is 14.8 Å². The summed E-state index contributed by atoms with van der Waals surface area (Å²) in [5, 5.41) is 3.34. The van der Waals surface area contributed by atoms with Crippen LogP contribution in [-0.2, 0) is 17.9 Å². The van der Waals surface area contributed by atoms with Gasteiger partial charge < -0.3 is 23.9 Å². The smallest absolute Gasteiger partial charge is 0.271 e. The number of methoxy groups -OCH3 is 1. The van der Waals surface area contributed by atoms with Crippen LogP contribution in [0.3, 0.4) is 0 Å². The van der Waals surface area contributed by atoms with E-state index in [1.165, 1.54) is 6.42 Å². The number of benzene rings is 1. The predicted octanol–water partition coefficient (Wildman–Crippen LogP) is 4.60. The van der Waals surface area contributed by atoms with E-state index in [2.05, 4.69) is 19.2 Å². The molecule has 3 heterocycles. The van der Waals surface area contributed by atoms with E-state index < -0.39 is 5.54 Å². The largest absolute Gasteiger partial charge is 0.496 e. The van der Waals surface area contributed by atoms with E-state index in [1.54, 1.807) is 24.3 Å². The van der Waals surface area contributed by atoms with Crippen LogP contribution in [-0.4, -0.2) is 40.0 Å². The molecule has 1 aliphatic heterocycles. The molecule has 2 amide bonds. The Morgan fingerprint density at radius 3 is 2.82 bits per heavy atom. The minimum absolute atomic E-state index is 0.108. The molecule has 7 heteroatoms. The highest BCUT2D eigenvalue weighted by atomic mass is 16.5. The standard InChI is InChI=1S/C27H33N3O4/c1-17-8-7-10-20(18(17)2)28-26(32)27(3)16-29-21-12-13-34-24(21)14-22(29)25(31)30(27)15-19-9-5-6-11-23(19)33-4/h5-6,9,11-14,17-18,20H,7-8,10,15-16H2,1-4H3,(H,28,32)/t17-,18-,20-,27-/m1/s1. The maximum atomic E-state index is 14.0. The van der Waals surface area contributed by atoms with Crippen LogP contribution in [0.5, 0.6) is 5.75 Å². The normalized spacial score (nSPS) is 27.0. The number of carbonyl (C=O) groups excluding carboxylic acids is 2. The van der Waals surface area contributed by atoms with E-state index in [0.29, 0.717) is 35.4 Å². The molecule has 1 fully saturated rings. The molecule has 0 bridgehead atoms. The monoisotopic (exact) mass is 463 g/mol. The van der Waals surface area contributed by atoms with Gasteiger partial charge in [-0.15, -0.1) is 0 Å². The lowest BCUT2D eigenvalue weighted by atomic mass is 9.77. The first-order valence-electron chi connectivity index (χ1n) is 12.1. The average molecular weight is 464 g/mol. The summed E-state index contributed by atoms with van der Waals surface area (Å²) in [5.74, 6) is 1.35. The van der Waals surface area contributed by atoms with Crippen LogP contribution in [0.1, 0.15) is 56.1 Å². The molecule has 3 aromatic rings. The maximum absolute atomic E-state index is 14.0. The molecule has 4 atom stereocenters. The van der Waals surface area contributed by atoms with Gasteiger partial charge in [0.15, 0.2) is 5.58 Å². The zero-order valence-corrected chi connectivity index (χ0v) is 20.3. The Bertz CT molecular complexity index is 1230. The van der Waals surface area contributed by atoms with Gasteiger partial charge in [0.1, 0.15) is 17.0 Å². The summed E-state index contributed by atoms with van der Waals surface area (Å²) >= 11 is 0. The van der Waals surface area contributed by atoms with Gasteiger partial charge in [-0.25, -0.2) is 0 Å². The number of rotatable bonds is 5. The van der Waals surface area contributed by atoms with Crippen molar-refractivity contribution >= 4 is 22.9 Å². The van der Waals surface area contributed by atoms with Crippen molar-refractivity contribution in [3.63, 3.8) is 0 Å². The molecule has 1 saturated carbocycles. The Labute approximate surface area is 200 Å². The number of nitrogens with zero attached hydrogens (tertiary/aromatic N) is 2.